The van der Waals surface area contributed by atoms with Gasteiger partial charge in [0.15, 0.2) is 0 Å². The molecule has 5 rings (SSSR count). The summed E-state index contributed by atoms with van der Waals surface area (Å²) in [6, 6.07) is 15.1. The minimum Gasteiger partial charge on any atom is -0.478 e. The lowest BCUT2D eigenvalue weighted by Gasteiger charge is -2.13. The summed E-state index contributed by atoms with van der Waals surface area (Å²) in [5.74, 6) is -3.07. The second kappa shape index (κ2) is 13.0. The molecule has 0 amide bonds. The summed E-state index contributed by atoms with van der Waals surface area (Å²) < 4.78 is 94.4. The number of carboxylic acids is 1. The summed E-state index contributed by atoms with van der Waals surface area (Å²) in [5, 5.41) is 9.39. The van der Waals surface area contributed by atoms with E-state index in [4.69, 9.17) is 9.47 Å². The standard InChI is InChI=1S/C32H25F6N3O4/c1-18-5-6-20(23(33)11-18)16-45-30-4-2-3-26(40-30)22-15-24(34)21(12-25(22)35)14-29-39-27-8-7-19(31(42)43)13-28(27)41(29)9-10-44-17-32(36,37)38/h2-8,11-13,15H,9-10,14,16-17H2,1H3,(H,42,43). The van der Waals surface area contributed by atoms with Gasteiger partial charge in [0.1, 0.15) is 36.5 Å². The molecular weight excluding hydrogens is 604 g/mol. The number of hydrogen-bond donors (Lipinski definition) is 1. The number of aromatic nitrogens is 3. The Morgan fingerprint density at radius 3 is 2.42 bits per heavy atom. The molecule has 0 saturated heterocycles. The Kier molecular flexibility index (Phi) is 9.09. The smallest absolute Gasteiger partial charge is 0.411 e. The molecule has 2 heterocycles. The number of rotatable bonds is 11. The van der Waals surface area contributed by atoms with E-state index >= 15 is 8.78 Å². The molecule has 2 aromatic heterocycles. The van der Waals surface area contributed by atoms with Gasteiger partial charge in [0.25, 0.3) is 0 Å². The van der Waals surface area contributed by atoms with E-state index in [-0.39, 0.29) is 59.2 Å². The fraction of sp³-hybridized carbons (Fsp3) is 0.219. The Labute approximate surface area is 252 Å². The molecule has 5 aromatic rings. The van der Waals surface area contributed by atoms with Crippen LogP contribution in [0.25, 0.3) is 22.3 Å². The highest BCUT2D eigenvalue weighted by molar-refractivity contribution is 5.92. The van der Waals surface area contributed by atoms with Crippen LogP contribution in [0.4, 0.5) is 26.3 Å². The number of carboxylic acid groups (broad SMARTS) is 1. The molecule has 7 nitrogen and oxygen atoms in total. The first-order valence-corrected chi connectivity index (χ1v) is 13.6. The predicted molar refractivity (Wildman–Crippen MR) is 151 cm³/mol. The fourth-order valence-electron chi connectivity index (χ4n) is 4.69. The third-order valence-corrected chi connectivity index (χ3v) is 6.87. The summed E-state index contributed by atoms with van der Waals surface area (Å²) in [6.07, 6.45) is -4.81. The van der Waals surface area contributed by atoms with Gasteiger partial charge in [-0.05, 0) is 60.5 Å². The van der Waals surface area contributed by atoms with E-state index in [0.717, 1.165) is 17.7 Å². The van der Waals surface area contributed by atoms with Crippen molar-refractivity contribution in [1.29, 1.82) is 0 Å². The molecule has 1 N–H and O–H groups in total. The number of pyridine rings is 1. The number of imidazole rings is 1. The van der Waals surface area contributed by atoms with Crippen LogP contribution >= 0.6 is 0 Å². The molecule has 0 atom stereocenters. The number of alkyl halides is 3. The van der Waals surface area contributed by atoms with Crippen LogP contribution < -0.4 is 4.74 Å². The van der Waals surface area contributed by atoms with Crippen LogP contribution in [0.3, 0.4) is 0 Å². The summed E-state index contributed by atoms with van der Waals surface area (Å²) in [7, 11) is 0. The molecule has 13 heteroatoms. The molecule has 0 aliphatic rings. The van der Waals surface area contributed by atoms with Crippen LogP contribution in [0.2, 0.25) is 0 Å². The lowest BCUT2D eigenvalue weighted by molar-refractivity contribution is -0.174. The van der Waals surface area contributed by atoms with Crippen molar-refractivity contribution in [2.75, 3.05) is 13.2 Å². The molecule has 0 saturated carbocycles. The van der Waals surface area contributed by atoms with E-state index in [1.165, 1.54) is 47.0 Å². The second-order valence-corrected chi connectivity index (χ2v) is 10.2. The number of benzene rings is 3. The summed E-state index contributed by atoms with van der Waals surface area (Å²) in [5.41, 5.74) is 1.35. The maximum Gasteiger partial charge on any atom is 0.411 e. The zero-order valence-corrected chi connectivity index (χ0v) is 23.7. The van der Waals surface area contributed by atoms with Crippen LogP contribution in [-0.2, 0) is 24.3 Å². The summed E-state index contributed by atoms with van der Waals surface area (Å²) in [6.45, 7) is -0.418. The Morgan fingerprint density at radius 1 is 0.911 bits per heavy atom. The van der Waals surface area contributed by atoms with Crippen LogP contribution in [-0.4, -0.2) is 45.0 Å². The lowest BCUT2D eigenvalue weighted by atomic mass is 10.0. The highest BCUT2D eigenvalue weighted by atomic mass is 19.4. The number of carbonyl (C=O) groups is 1. The fourth-order valence-corrected chi connectivity index (χ4v) is 4.69. The van der Waals surface area contributed by atoms with Crippen molar-refractivity contribution in [2.45, 2.75) is 32.7 Å². The first-order valence-electron chi connectivity index (χ1n) is 13.6. The van der Waals surface area contributed by atoms with Crippen molar-refractivity contribution in [3.63, 3.8) is 0 Å². The maximum absolute atomic E-state index is 15.4. The van der Waals surface area contributed by atoms with Crippen molar-refractivity contribution in [3.8, 4) is 17.1 Å². The minimum atomic E-state index is -4.54. The van der Waals surface area contributed by atoms with Gasteiger partial charge in [0, 0.05) is 30.2 Å². The van der Waals surface area contributed by atoms with E-state index in [0.29, 0.717) is 11.1 Å². The molecule has 0 spiro atoms. The molecule has 3 aromatic carbocycles. The van der Waals surface area contributed by atoms with Crippen LogP contribution in [0.5, 0.6) is 5.88 Å². The number of nitrogens with zero attached hydrogens (tertiary/aromatic N) is 3. The Hall–Kier alpha value is -4.91. The number of aromatic carboxylic acids is 1. The number of fused-ring (bicyclic) bond motifs is 1. The molecular formula is C32H25F6N3O4. The van der Waals surface area contributed by atoms with Crippen LogP contribution in [0.15, 0.2) is 66.7 Å². The van der Waals surface area contributed by atoms with Crippen molar-refractivity contribution in [2.24, 2.45) is 0 Å². The quantitative estimate of drug-likeness (QED) is 0.122. The Balaban J connectivity index is 1.40. The molecule has 45 heavy (non-hydrogen) atoms. The van der Waals surface area contributed by atoms with Gasteiger partial charge < -0.3 is 19.1 Å². The van der Waals surface area contributed by atoms with Gasteiger partial charge in [-0.15, -0.1) is 0 Å². The normalized spacial score (nSPS) is 11.7. The monoisotopic (exact) mass is 629 g/mol. The van der Waals surface area contributed by atoms with E-state index < -0.39 is 42.8 Å². The molecule has 234 valence electrons. The van der Waals surface area contributed by atoms with E-state index in [1.807, 2.05) is 0 Å². The molecule has 0 fully saturated rings. The van der Waals surface area contributed by atoms with Crippen molar-refractivity contribution < 1.29 is 45.7 Å². The molecule has 0 radical (unpaired) electrons. The molecule has 0 bridgehead atoms. The third-order valence-electron chi connectivity index (χ3n) is 6.87. The molecule has 0 aliphatic carbocycles. The molecule has 0 unspecified atom stereocenters. The van der Waals surface area contributed by atoms with Crippen molar-refractivity contribution >= 4 is 17.0 Å². The van der Waals surface area contributed by atoms with Gasteiger partial charge in [-0.25, -0.2) is 27.9 Å². The largest absolute Gasteiger partial charge is 0.478 e. The Bertz CT molecular complexity index is 1870. The number of ether oxygens (including phenoxy) is 2. The Morgan fingerprint density at radius 2 is 1.69 bits per heavy atom. The third kappa shape index (κ3) is 7.60. The maximum atomic E-state index is 15.4. The highest BCUT2D eigenvalue weighted by Crippen LogP contribution is 2.28. The predicted octanol–water partition coefficient (Wildman–Crippen LogP) is 7.27. The van der Waals surface area contributed by atoms with Gasteiger partial charge >= 0.3 is 12.1 Å². The highest BCUT2D eigenvalue weighted by Gasteiger charge is 2.27. The van der Waals surface area contributed by atoms with E-state index in [2.05, 4.69) is 9.97 Å². The van der Waals surface area contributed by atoms with Gasteiger partial charge in [-0.2, -0.15) is 13.2 Å². The molecule has 0 aliphatic heterocycles. The summed E-state index contributed by atoms with van der Waals surface area (Å²) in [4.78, 5) is 20.1. The van der Waals surface area contributed by atoms with Gasteiger partial charge in [-0.3, -0.25) is 0 Å². The zero-order chi connectivity index (χ0) is 32.3. The number of hydrogen-bond acceptors (Lipinski definition) is 5. The van der Waals surface area contributed by atoms with Gasteiger partial charge in [0.2, 0.25) is 5.88 Å². The lowest BCUT2D eigenvalue weighted by Crippen LogP contribution is -2.19. The summed E-state index contributed by atoms with van der Waals surface area (Å²) >= 11 is 0. The average Bonchev–Trinajstić information content (AvgIpc) is 3.32. The average molecular weight is 630 g/mol. The van der Waals surface area contributed by atoms with Gasteiger partial charge in [-0.1, -0.05) is 18.2 Å². The first kappa shape index (κ1) is 31.5. The van der Waals surface area contributed by atoms with Crippen LogP contribution in [0.1, 0.15) is 32.9 Å². The number of halogens is 6. The topological polar surface area (TPSA) is 86.5 Å². The first-order chi connectivity index (χ1) is 21.4. The van der Waals surface area contributed by atoms with Crippen molar-refractivity contribution in [3.05, 3.63) is 112 Å². The van der Waals surface area contributed by atoms with E-state index in [1.54, 1.807) is 19.1 Å². The SMILES string of the molecule is Cc1ccc(COc2cccc(-c3cc(F)c(Cc4nc5ccc(C(=O)O)cc5n4CCOCC(F)(F)F)cc3F)n2)c(F)c1. The van der Waals surface area contributed by atoms with Crippen molar-refractivity contribution in [1.82, 2.24) is 14.5 Å². The zero-order valence-electron chi connectivity index (χ0n) is 23.7. The number of aryl methyl sites for hydroxylation is 1. The van der Waals surface area contributed by atoms with E-state index in [9.17, 15) is 27.5 Å². The van der Waals surface area contributed by atoms with Gasteiger partial charge in [0.05, 0.1) is 28.9 Å². The van der Waals surface area contributed by atoms with Crippen LogP contribution in [0, 0.1) is 24.4 Å². The second-order valence-electron chi connectivity index (χ2n) is 10.2. The minimum absolute atomic E-state index is 0.0649.